The van der Waals surface area contributed by atoms with E-state index in [9.17, 15) is 9.90 Å². The van der Waals surface area contributed by atoms with Gasteiger partial charge in [0.05, 0.1) is 12.7 Å². The quantitative estimate of drug-likeness (QED) is 0.941. The predicted molar refractivity (Wildman–Crippen MR) is 87.9 cm³/mol. The minimum absolute atomic E-state index is 0.196. The fraction of sp³-hybridized carbons (Fsp3) is 0.500. The van der Waals surface area contributed by atoms with Gasteiger partial charge >= 0.3 is 0 Å². The SMILES string of the molecule is COc1ccc2oc(C(=O)N(C)CC3(O)CCCC3)c(C)c2c1. The number of amides is 1. The first-order valence-electron chi connectivity index (χ1n) is 7.98. The van der Waals surface area contributed by atoms with Gasteiger partial charge in [0.15, 0.2) is 5.76 Å². The fourth-order valence-corrected chi connectivity index (χ4v) is 3.41. The molecule has 5 heteroatoms. The number of methoxy groups -OCH3 is 1. The maximum absolute atomic E-state index is 12.7. The van der Waals surface area contributed by atoms with Gasteiger partial charge in [-0.25, -0.2) is 0 Å². The molecule has 5 nitrogen and oxygen atoms in total. The molecule has 23 heavy (non-hydrogen) atoms. The number of furan rings is 1. The van der Waals surface area contributed by atoms with Crippen molar-refractivity contribution in [1.29, 1.82) is 0 Å². The Hall–Kier alpha value is -2.01. The average molecular weight is 317 g/mol. The summed E-state index contributed by atoms with van der Waals surface area (Å²) < 4.78 is 11.0. The smallest absolute Gasteiger partial charge is 0.289 e. The van der Waals surface area contributed by atoms with Crippen LogP contribution < -0.4 is 4.74 Å². The Labute approximate surface area is 135 Å². The maximum Gasteiger partial charge on any atom is 0.289 e. The molecule has 0 saturated heterocycles. The van der Waals surface area contributed by atoms with Gasteiger partial charge in [-0.3, -0.25) is 4.79 Å². The summed E-state index contributed by atoms with van der Waals surface area (Å²) in [7, 11) is 3.32. The van der Waals surface area contributed by atoms with Crippen molar-refractivity contribution in [2.24, 2.45) is 0 Å². The van der Waals surface area contributed by atoms with Crippen LogP contribution in [-0.4, -0.2) is 42.2 Å². The lowest BCUT2D eigenvalue weighted by Gasteiger charge is -2.28. The van der Waals surface area contributed by atoms with E-state index in [1.54, 1.807) is 19.1 Å². The lowest BCUT2D eigenvalue weighted by Crippen LogP contribution is -2.42. The fourth-order valence-electron chi connectivity index (χ4n) is 3.41. The molecule has 1 heterocycles. The van der Waals surface area contributed by atoms with E-state index in [4.69, 9.17) is 9.15 Å². The van der Waals surface area contributed by atoms with Crippen molar-refractivity contribution in [3.63, 3.8) is 0 Å². The molecule has 1 N–H and O–H groups in total. The highest BCUT2D eigenvalue weighted by atomic mass is 16.5. The highest BCUT2D eigenvalue weighted by molar-refractivity contribution is 5.99. The minimum atomic E-state index is -0.756. The number of rotatable bonds is 4. The van der Waals surface area contributed by atoms with Crippen LogP contribution in [0.2, 0.25) is 0 Å². The Morgan fingerprint density at radius 1 is 1.39 bits per heavy atom. The van der Waals surface area contributed by atoms with Gasteiger partial charge < -0.3 is 19.2 Å². The van der Waals surface area contributed by atoms with Gasteiger partial charge in [0.1, 0.15) is 11.3 Å². The molecule has 1 aromatic carbocycles. The number of aliphatic hydroxyl groups is 1. The number of benzene rings is 1. The van der Waals surface area contributed by atoms with E-state index < -0.39 is 5.60 Å². The van der Waals surface area contributed by atoms with Gasteiger partial charge in [-0.1, -0.05) is 12.8 Å². The molecule has 0 aliphatic heterocycles. The van der Waals surface area contributed by atoms with Crippen LogP contribution in [-0.2, 0) is 0 Å². The average Bonchev–Trinajstić information content (AvgIpc) is 3.10. The number of likely N-dealkylation sites (N-methyl/N-ethyl adjacent to an activating group) is 1. The monoisotopic (exact) mass is 317 g/mol. The molecule has 0 spiro atoms. The van der Waals surface area contributed by atoms with Gasteiger partial charge in [-0.2, -0.15) is 0 Å². The molecule has 124 valence electrons. The van der Waals surface area contributed by atoms with Crippen molar-refractivity contribution in [3.05, 3.63) is 29.5 Å². The molecule has 0 atom stereocenters. The Morgan fingerprint density at radius 2 is 2.09 bits per heavy atom. The first kappa shape index (κ1) is 15.9. The zero-order valence-corrected chi connectivity index (χ0v) is 13.9. The molecular formula is C18H23NO4. The molecule has 1 amide bonds. The number of carbonyl (C=O) groups excluding carboxylic acids is 1. The van der Waals surface area contributed by atoms with Crippen molar-refractivity contribution in [1.82, 2.24) is 4.90 Å². The third-order valence-electron chi connectivity index (χ3n) is 4.75. The van der Waals surface area contributed by atoms with Gasteiger partial charge in [-0.15, -0.1) is 0 Å². The third-order valence-corrected chi connectivity index (χ3v) is 4.75. The number of aryl methyl sites for hydroxylation is 1. The van der Waals surface area contributed by atoms with Gasteiger partial charge in [0.2, 0.25) is 0 Å². The van der Waals surface area contributed by atoms with E-state index in [2.05, 4.69) is 0 Å². The summed E-state index contributed by atoms with van der Waals surface area (Å²) in [5, 5.41) is 11.4. The van der Waals surface area contributed by atoms with Gasteiger partial charge in [-0.05, 0) is 38.0 Å². The zero-order chi connectivity index (χ0) is 16.6. The normalized spacial score (nSPS) is 16.7. The summed E-state index contributed by atoms with van der Waals surface area (Å²) in [5.41, 5.74) is 0.710. The largest absolute Gasteiger partial charge is 0.497 e. The topological polar surface area (TPSA) is 62.9 Å². The van der Waals surface area contributed by atoms with Crippen LogP contribution in [0.5, 0.6) is 5.75 Å². The van der Waals surface area contributed by atoms with Crippen LogP contribution in [0.3, 0.4) is 0 Å². The molecule has 0 bridgehead atoms. The Balaban J connectivity index is 1.86. The second kappa shape index (κ2) is 5.89. The summed E-state index contributed by atoms with van der Waals surface area (Å²) >= 11 is 0. The molecule has 1 saturated carbocycles. The molecule has 3 rings (SSSR count). The number of hydrogen-bond acceptors (Lipinski definition) is 4. The summed E-state index contributed by atoms with van der Waals surface area (Å²) in [6.07, 6.45) is 3.53. The summed E-state index contributed by atoms with van der Waals surface area (Å²) in [5.74, 6) is 0.865. The lowest BCUT2D eigenvalue weighted by atomic mass is 10.0. The van der Waals surface area contributed by atoms with Crippen LogP contribution >= 0.6 is 0 Å². The van der Waals surface area contributed by atoms with Crippen molar-refractivity contribution in [2.75, 3.05) is 20.7 Å². The molecule has 1 fully saturated rings. The zero-order valence-electron chi connectivity index (χ0n) is 13.9. The van der Waals surface area contributed by atoms with Crippen molar-refractivity contribution >= 4 is 16.9 Å². The van der Waals surface area contributed by atoms with E-state index in [1.165, 1.54) is 0 Å². The molecule has 1 aromatic heterocycles. The number of hydrogen-bond donors (Lipinski definition) is 1. The Morgan fingerprint density at radius 3 is 2.74 bits per heavy atom. The lowest BCUT2D eigenvalue weighted by molar-refractivity contribution is 0.0147. The Bertz CT molecular complexity index is 728. The van der Waals surface area contributed by atoms with Crippen LogP contribution in [0.1, 0.15) is 41.8 Å². The Kier molecular flexibility index (Phi) is 4.06. The van der Waals surface area contributed by atoms with Crippen LogP contribution in [0.25, 0.3) is 11.0 Å². The first-order chi connectivity index (χ1) is 10.9. The van der Waals surface area contributed by atoms with Crippen molar-refractivity contribution in [2.45, 2.75) is 38.2 Å². The van der Waals surface area contributed by atoms with Gasteiger partial charge in [0.25, 0.3) is 5.91 Å². The third kappa shape index (κ3) is 2.93. The van der Waals surface area contributed by atoms with E-state index in [1.807, 2.05) is 25.1 Å². The summed E-state index contributed by atoms with van der Waals surface area (Å²) in [6, 6.07) is 5.49. The second-order valence-corrected chi connectivity index (χ2v) is 6.51. The van der Waals surface area contributed by atoms with E-state index in [0.717, 1.165) is 42.4 Å². The molecule has 0 radical (unpaired) electrons. The van der Waals surface area contributed by atoms with E-state index >= 15 is 0 Å². The second-order valence-electron chi connectivity index (χ2n) is 6.51. The first-order valence-corrected chi connectivity index (χ1v) is 7.98. The van der Waals surface area contributed by atoms with Crippen LogP contribution in [0.4, 0.5) is 0 Å². The van der Waals surface area contributed by atoms with Gasteiger partial charge in [0, 0.05) is 24.5 Å². The molecule has 1 aliphatic rings. The van der Waals surface area contributed by atoms with E-state index in [0.29, 0.717) is 17.9 Å². The summed E-state index contributed by atoms with van der Waals surface area (Å²) in [4.78, 5) is 14.3. The number of ether oxygens (including phenoxy) is 1. The van der Waals surface area contributed by atoms with E-state index in [-0.39, 0.29) is 5.91 Å². The highest BCUT2D eigenvalue weighted by Crippen LogP contribution is 2.32. The van der Waals surface area contributed by atoms with Crippen LogP contribution in [0, 0.1) is 6.92 Å². The summed E-state index contributed by atoms with van der Waals surface area (Å²) in [6.45, 7) is 2.21. The maximum atomic E-state index is 12.7. The van der Waals surface area contributed by atoms with Crippen LogP contribution in [0.15, 0.2) is 22.6 Å². The molecule has 1 aliphatic carbocycles. The molecule has 0 unspecified atom stereocenters. The van der Waals surface area contributed by atoms with Crippen molar-refractivity contribution < 1.29 is 19.1 Å². The number of carbonyl (C=O) groups is 1. The number of fused-ring (bicyclic) bond motifs is 1. The van der Waals surface area contributed by atoms with Crippen molar-refractivity contribution in [3.8, 4) is 5.75 Å². The predicted octanol–water partition coefficient (Wildman–Crippen LogP) is 3.13. The molecule has 2 aromatic rings. The molecular weight excluding hydrogens is 294 g/mol. The number of nitrogens with zero attached hydrogens (tertiary/aromatic N) is 1. The highest BCUT2D eigenvalue weighted by Gasteiger charge is 2.34. The minimum Gasteiger partial charge on any atom is -0.497 e. The standard InChI is InChI=1S/C18H23NO4/c1-12-14-10-13(22-3)6-7-15(14)23-16(12)17(20)19(2)11-18(21)8-4-5-9-18/h6-7,10,21H,4-5,8-9,11H2,1-3H3.